The van der Waals surface area contributed by atoms with Gasteiger partial charge in [-0.2, -0.15) is 0 Å². The third-order valence-electron chi connectivity index (χ3n) is 5.60. The standard InChI is InChI=1S/C26H33N7O2/c1-17(2)33-23(18-10-5-4-6-11-18)21(20-13-7-8-14-30-20)22(29-3)24(33)25(35)32-19(16-34)12-9-15-31-26(27)28/h4-8,10-11,13-14,16-17,19,29H,9,12,15H2,1-3H3,(H,32,35)(H4,27,28,31). The number of amides is 1. The van der Waals surface area contributed by atoms with Crippen molar-refractivity contribution in [2.24, 2.45) is 16.5 Å². The molecule has 184 valence electrons. The van der Waals surface area contributed by atoms with Gasteiger partial charge in [-0.25, -0.2) is 0 Å². The number of benzene rings is 1. The van der Waals surface area contributed by atoms with E-state index in [2.05, 4.69) is 20.6 Å². The van der Waals surface area contributed by atoms with Crippen LogP contribution in [0.2, 0.25) is 0 Å². The summed E-state index contributed by atoms with van der Waals surface area (Å²) in [7, 11) is 1.78. The smallest absolute Gasteiger partial charge is 0.270 e. The number of hydrogen-bond acceptors (Lipinski definition) is 5. The second kappa shape index (κ2) is 11.8. The topological polar surface area (TPSA) is 140 Å². The summed E-state index contributed by atoms with van der Waals surface area (Å²) in [5.41, 5.74) is 15.2. The summed E-state index contributed by atoms with van der Waals surface area (Å²) in [6, 6.07) is 14.9. The van der Waals surface area contributed by atoms with E-state index in [-0.39, 0.29) is 17.9 Å². The third-order valence-corrected chi connectivity index (χ3v) is 5.60. The van der Waals surface area contributed by atoms with E-state index in [9.17, 15) is 9.59 Å². The number of carbonyl (C=O) groups excluding carboxylic acids is 2. The number of rotatable bonds is 11. The summed E-state index contributed by atoms with van der Waals surface area (Å²) in [5, 5.41) is 6.11. The summed E-state index contributed by atoms with van der Waals surface area (Å²) < 4.78 is 2.00. The molecule has 0 fully saturated rings. The molecule has 0 spiro atoms. The number of aldehydes is 1. The maximum Gasteiger partial charge on any atom is 0.270 e. The summed E-state index contributed by atoms with van der Waals surface area (Å²) >= 11 is 0. The lowest BCUT2D eigenvalue weighted by Crippen LogP contribution is -2.37. The molecule has 0 bridgehead atoms. The van der Waals surface area contributed by atoms with Gasteiger partial charge < -0.3 is 31.5 Å². The van der Waals surface area contributed by atoms with Crippen LogP contribution in [-0.4, -0.2) is 47.3 Å². The molecule has 1 aromatic carbocycles. The molecule has 0 saturated heterocycles. The number of nitrogens with zero attached hydrogens (tertiary/aromatic N) is 3. The maximum atomic E-state index is 13.7. The monoisotopic (exact) mass is 475 g/mol. The van der Waals surface area contributed by atoms with Crippen LogP contribution in [0.25, 0.3) is 22.5 Å². The zero-order valence-electron chi connectivity index (χ0n) is 20.4. The lowest BCUT2D eigenvalue weighted by molar-refractivity contribution is -0.109. The van der Waals surface area contributed by atoms with Crippen LogP contribution in [0.5, 0.6) is 0 Å². The van der Waals surface area contributed by atoms with Crippen LogP contribution in [0.1, 0.15) is 43.2 Å². The van der Waals surface area contributed by atoms with E-state index in [4.69, 9.17) is 11.5 Å². The molecule has 1 amide bonds. The van der Waals surface area contributed by atoms with Crippen LogP contribution in [0.15, 0.2) is 59.7 Å². The van der Waals surface area contributed by atoms with Crippen molar-refractivity contribution in [3.05, 3.63) is 60.4 Å². The van der Waals surface area contributed by atoms with Gasteiger partial charge in [0.15, 0.2) is 5.96 Å². The number of anilines is 1. The molecule has 0 saturated carbocycles. The molecule has 0 aliphatic carbocycles. The second-order valence-corrected chi connectivity index (χ2v) is 8.41. The fourth-order valence-corrected chi connectivity index (χ4v) is 4.14. The Hall–Kier alpha value is -4.14. The minimum Gasteiger partial charge on any atom is -0.386 e. The predicted octanol–water partition coefficient (Wildman–Crippen LogP) is 3.19. The van der Waals surface area contributed by atoms with Gasteiger partial charge in [-0.05, 0) is 44.4 Å². The average molecular weight is 476 g/mol. The summed E-state index contributed by atoms with van der Waals surface area (Å²) in [6.07, 6.45) is 3.45. The molecule has 1 unspecified atom stereocenters. The van der Waals surface area contributed by atoms with Gasteiger partial charge >= 0.3 is 0 Å². The Morgan fingerprint density at radius 2 is 1.86 bits per heavy atom. The zero-order chi connectivity index (χ0) is 25.4. The fraction of sp³-hybridized carbons (Fsp3) is 0.308. The number of aliphatic imine (C=N–C) groups is 1. The van der Waals surface area contributed by atoms with E-state index in [1.54, 1.807) is 13.2 Å². The van der Waals surface area contributed by atoms with Crippen LogP contribution in [0.3, 0.4) is 0 Å². The molecule has 35 heavy (non-hydrogen) atoms. The highest BCUT2D eigenvalue weighted by molar-refractivity contribution is 6.07. The first-order chi connectivity index (χ1) is 16.9. The lowest BCUT2D eigenvalue weighted by atomic mass is 10.0. The molecular weight excluding hydrogens is 442 g/mol. The van der Waals surface area contributed by atoms with E-state index in [0.717, 1.165) is 28.8 Å². The van der Waals surface area contributed by atoms with E-state index >= 15 is 0 Å². The first-order valence-corrected chi connectivity index (χ1v) is 11.6. The summed E-state index contributed by atoms with van der Waals surface area (Å²) in [6.45, 7) is 4.43. The van der Waals surface area contributed by atoms with Crippen LogP contribution >= 0.6 is 0 Å². The molecule has 1 atom stereocenters. The highest BCUT2D eigenvalue weighted by atomic mass is 16.2. The number of guanidine groups is 1. The molecule has 2 heterocycles. The first kappa shape index (κ1) is 25.5. The van der Waals surface area contributed by atoms with Crippen LogP contribution in [-0.2, 0) is 4.79 Å². The van der Waals surface area contributed by atoms with Crippen molar-refractivity contribution >= 4 is 23.8 Å². The van der Waals surface area contributed by atoms with Gasteiger partial charge in [0.05, 0.1) is 28.7 Å². The molecule has 9 heteroatoms. The van der Waals surface area contributed by atoms with Crippen molar-refractivity contribution in [2.75, 3.05) is 18.9 Å². The molecular formula is C26H33N7O2. The largest absolute Gasteiger partial charge is 0.386 e. The van der Waals surface area contributed by atoms with Gasteiger partial charge in [0.25, 0.3) is 5.91 Å². The van der Waals surface area contributed by atoms with E-state index in [0.29, 0.717) is 30.8 Å². The average Bonchev–Trinajstić information content (AvgIpc) is 3.22. The Kier molecular flexibility index (Phi) is 8.61. The van der Waals surface area contributed by atoms with Crippen LogP contribution in [0, 0.1) is 0 Å². The number of carbonyl (C=O) groups is 2. The molecule has 3 rings (SSSR count). The van der Waals surface area contributed by atoms with Crippen LogP contribution in [0.4, 0.5) is 5.69 Å². The molecule has 0 radical (unpaired) electrons. The highest BCUT2D eigenvalue weighted by Gasteiger charge is 2.30. The molecule has 0 aliphatic rings. The van der Waals surface area contributed by atoms with Crippen molar-refractivity contribution in [3.8, 4) is 22.5 Å². The molecule has 6 N–H and O–H groups in total. The first-order valence-electron chi connectivity index (χ1n) is 11.6. The fourth-order valence-electron chi connectivity index (χ4n) is 4.14. The van der Waals surface area contributed by atoms with Gasteiger partial charge in [-0.15, -0.1) is 0 Å². The molecule has 2 aromatic heterocycles. The quantitative estimate of drug-likeness (QED) is 0.145. The van der Waals surface area contributed by atoms with Crippen LogP contribution < -0.4 is 22.1 Å². The molecule has 9 nitrogen and oxygen atoms in total. The van der Waals surface area contributed by atoms with E-state index in [1.165, 1.54) is 0 Å². The highest BCUT2D eigenvalue weighted by Crippen LogP contribution is 2.43. The van der Waals surface area contributed by atoms with Crippen molar-refractivity contribution < 1.29 is 9.59 Å². The normalized spacial score (nSPS) is 11.7. The SMILES string of the molecule is CNc1c(-c2ccccn2)c(-c2ccccc2)n(C(C)C)c1C(=O)NC(C=O)CCCN=C(N)N. The Bertz CT molecular complexity index is 1170. The van der Waals surface area contributed by atoms with Gasteiger partial charge in [0, 0.05) is 25.8 Å². The molecule has 3 aromatic rings. The Labute approximate surface area is 205 Å². The van der Waals surface area contributed by atoms with Gasteiger partial charge in [0.1, 0.15) is 12.0 Å². The maximum absolute atomic E-state index is 13.7. The van der Waals surface area contributed by atoms with Gasteiger partial charge in [-0.1, -0.05) is 36.4 Å². The number of nitrogens with one attached hydrogen (secondary N) is 2. The van der Waals surface area contributed by atoms with Gasteiger partial charge in [0.2, 0.25) is 0 Å². The minimum atomic E-state index is -0.671. The van der Waals surface area contributed by atoms with Crippen molar-refractivity contribution in [3.63, 3.8) is 0 Å². The summed E-state index contributed by atoms with van der Waals surface area (Å²) in [5.74, 6) is -0.345. The summed E-state index contributed by atoms with van der Waals surface area (Å²) in [4.78, 5) is 33.9. The Balaban J connectivity index is 2.12. The minimum absolute atomic E-state index is 0.000559. The van der Waals surface area contributed by atoms with Crippen molar-refractivity contribution in [1.29, 1.82) is 0 Å². The number of aromatic nitrogens is 2. The number of pyridine rings is 1. The molecule has 0 aliphatic heterocycles. The lowest BCUT2D eigenvalue weighted by Gasteiger charge is -2.19. The Morgan fingerprint density at radius 3 is 2.43 bits per heavy atom. The van der Waals surface area contributed by atoms with Gasteiger partial charge in [-0.3, -0.25) is 14.8 Å². The number of hydrogen-bond donors (Lipinski definition) is 4. The second-order valence-electron chi connectivity index (χ2n) is 8.41. The van der Waals surface area contributed by atoms with Crippen molar-refractivity contribution in [1.82, 2.24) is 14.9 Å². The Morgan fingerprint density at radius 1 is 1.14 bits per heavy atom. The zero-order valence-corrected chi connectivity index (χ0v) is 20.4. The van der Waals surface area contributed by atoms with Crippen molar-refractivity contribution in [2.45, 2.75) is 38.8 Å². The van der Waals surface area contributed by atoms with E-state index < -0.39 is 6.04 Å². The predicted molar refractivity (Wildman–Crippen MR) is 140 cm³/mol. The number of nitrogens with two attached hydrogens (primary N) is 2. The van der Waals surface area contributed by atoms with E-state index in [1.807, 2.05) is 66.9 Å². The third kappa shape index (κ3) is 5.87.